The molecule has 4 heteroatoms. The van der Waals surface area contributed by atoms with Crippen molar-refractivity contribution < 1.29 is 14.3 Å². The van der Waals surface area contributed by atoms with Crippen molar-refractivity contribution in [2.75, 3.05) is 32.2 Å². The number of hydrogen-bond acceptors (Lipinski definition) is 4. The summed E-state index contributed by atoms with van der Waals surface area (Å²) < 4.78 is 10.5. The average Bonchev–Trinajstić information content (AvgIpc) is 2.61. The van der Waals surface area contributed by atoms with Gasteiger partial charge in [0, 0.05) is 17.8 Å². The lowest BCUT2D eigenvalue weighted by molar-refractivity contribution is 0.0998. The molecule has 1 aliphatic rings. The number of para-hydroxylation sites is 1. The Bertz CT molecular complexity index is 712. The van der Waals surface area contributed by atoms with Crippen molar-refractivity contribution in [3.8, 4) is 11.5 Å². The van der Waals surface area contributed by atoms with E-state index in [0.717, 1.165) is 19.4 Å². The van der Waals surface area contributed by atoms with Gasteiger partial charge in [0.15, 0.2) is 17.3 Å². The van der Waals surface area contributed by atoms with Gasteiger partial charge in [0.05, 0.1) is 20.8 Å². The van der Waals surface area contributed by atoms with Crippen LogP contribution in [0.2, 0.25) is 0 Å². The Morgan fingerprint density at radius 3 is 2.65 bits per heavy atom. The predicted octanol–water partition coefficient (Wildman–Crippen LogP) is 3.34. The molecule has 0 unspecified atom stereocenters. The Hall–Kier alpha value is -2.49. The lowest BCUT2D eigenvalue weighted by atomic mass is 10.0. The number of methoxy groups -OCH3 is 2. The molecular weight excluding hydrogens is 290 g/mol. The molecule has 3 rings (SSSR count). The summed E-state index contributed by atoms with van der Waals surface area (Å²) in [5.74, 6) is 1.30. The van der Waals surface area contributed by atoms with Crippen LogP contribution in [0.5, 0.6) is 11.5 Å². The minimum Gasteiger partial charge on any atom is -0.493 e. The Kier molecular flexibility index (Phi) is 4.51. The van der Waals surface area contributed by atoms with Gasteiger partial charge in [0.1, 0.15) is 0 Å². The number of ether oxygens (including phenoxy) is 2. The molecule has 0 fully saturated rings. The van der Waals surface area contributed by atoms with Crippen LogP contribution < -0.4 is 14.4 Å². The molecule has 23 heavy (non-hydrogen) atoms. The van der Waals surface area contributed by atoms with E-state index in [4.69, 9.17) is 9.47 Å². The quantitative estimate of drug-likeness (QED) is 0.794. The molecule has 0 spiro atoms. The Labute approximate surface area is 136 Å². The maximum atomic E-state index is 12.7. The van der Waals surface area contributed by atoms with Crippen LogP contribution in [0.4, 0.5) is 5.69 Å². The Morgan fingerprint density at radius 1 is 1.09 bits per heavy atom. The zero-order valence-corrected chi connectivity index (χ0v) is 13.5. The first-order valence-electron chi connectivity index (χ1n) is 7.81. The molecule has 4 nitrogen and oxygen atoms in total. The minimum atomic E-state index is 0.0858. The van der Waals surface area contributed by atoms with Crippen molar-refractivity contribution in [3.63, 3.8) is 0 Å². The highest BCUT2D eigenvalue weighted by atomic mass is 16.5. The van der Waals surface area contributed by atoms with E-state index in [0.29, 0.717) is 23.6 Å². The second-order valence-electron chi connectivity index (χ2n) is 5.65. The Morgan fingerprint density at radius 2 is 1.87 bits per heavy atom. The molecule has 0 saturated heterocycles. The van der Waals surface area contributed by atoms with Crippen LogP contribution in [-0.2, 0) is 6.42 Å². The topological polar surface area (TPSA) is 38.8 Å². The van der Waals surface area contributed by atoms with Crippen LogP contribution in [0.1, 0.15) is 22.3 Å². The van der Waals surface area contributed by atoms with Crippen LogP contribution in [-0.4, -0.2) is 33.1 Å². The van der Waals surface area contributed by atoms with E-state index in [1.807, 2.05) is 6.07 Å². The minimum absolute atomic E-state index is 0.0858. The lowest BCUT2D eigenvalue weighted by Crippen LogP contribution is -2.34. The lowest BCUT2D eigenvalue weighted by Gasteiger charge is -2.30. The Balaban J connectivity index is 1.80. The molecule has 2 aromatic carbocycles. The van der Waals surface area contributed by atoms with E-state index in [1.54, 1.807) is 32.4 Å². The summed E-state index contributed by atoms with van der Waals surface area (Å²) >= 11 is 0. The monoisotopic (exact) mass is 311 g/mol. The van der Waals surface area contributed by atoms with Crippen LogP contribution in [0.3, 0.4) is 0 Å². The summed E-state index contributed by atoms with van der Waals surface area (Å²) in [7, 11) is 3.16. The smallest absolute Gasteiger partial charge is 0.182 e. The molecular formula is C19H21NO3. The van der Waals surface area contributed by atoms with E-state index < -0.39 is 0 Å². The number of anilines is 1. The fourth-order valence-electron chi connectivity index (χ4n) is 3.05. The molecule has 0 aromatic heterocycles. The number of Topliss-reactive ketones (excluding diaryl/α,β-unsaturated/α-hetero) is 1. The summed E-state index contributed by atoms with van der Waals surface area (Å²) in [5.41, 5.74) is 3.14. The molecule has 0 bridgehead atoms. The number of hydrogen-bond donors (Lipinski definition) is 0. The van der Waals surface area contributed by atoms with Gasteiger partial charge in [-0.1, -0.05) is 18.2 Å². The molecule has 0 saturated carbocycles. The van der Waals surface area contributed by atoms with Gasteiger partial charge in [0.2, 0.25) is 0 Å². The normalized spacial score (nSPS) is 13.4. The van der Waals surface area contributed by atoms with Crippen molar-refractivity contribution >= 4 is 11.5 Å². The molecule has 120 valence electrons. The van der Waals surface area contributed by atoms with E-state index >= 15 is 0 Å². The number of rotatable bonds is 5. The van der Waals surface area contributed by atoms with Crippen LogP contribution >= 0.6 is 0 Å². The number of carbonyl (C=O) groups excluding carboxylic acids is 1. The van der Waals surface area contributed by atoms with Gasteiger partial charge in [-0.2, -0.15) is 0 Å². The second-order valence-corrected chi connectivity index (χ2v) is 5.65. The molecule has 2 aromatic rings. The number of aryl methyl sites for hydroxylation is 1. The van der Waals surface area contributed by atoms with Crippen molar-refractivity contribution in [2.45, 2.75) is 12.8 Å². The number of nitrogens with zero attached hydrogens (tertiary/aromatic N) is 1. The molecule has 0 radical (unpaired) electrons. The van der Waals surface area contributed by atoms with Crippen LogP contribution in [0, 0.1) is 0 Å². The summed E-state index contributed by atoms with van der Waals surface area (Å²) in [4.78, 5) is 14.8. The predicted molar refractivity (Wildman–Crippen MR) is 90.9 cm³/mol. The van der Waals surface area contributed by atoms with Crippen molar-refractivity contribution in [1.29, 1.82) is 0 Å². The van der Waals surface area contributed by atoms with Crippen molar-refractivity contribution in [2.24, 2.45) is 0 Å². The van der Waals surface area contributed by atoms with Gasteiger partial charge in [-0.05, 0) is 42.7 Å². The molecule has 0 aliphatic carbocycles. The molecule has 1 aliphatic heterocycles. The van der Waals surface area contributed by atoms with Crippen molar-refractivity contribution in [1.82, 2.24) is 0 Å². The van der Waals surface area contributed by atoms with Gasteiger partial charge in [-0.3, -0.25) is 4.79 Å². The van der Waals surface area contributed by atoms with Gasteiger partial charge >= 0.3 is 0 Å². The third-order valence-electron chi connectivity index (χ3n) is 4.25. The van der Waals surface area contributed by atoms with Crippen LogP contribution in [0.25, 0.3) is 0 Å². The molecule has 0 atom stereocenters. The standard InChI is InChI=1S/C19H21NO3/c1-22-18-10-9-15(12-19(18)23-2)17(21)13-20-11-5-7-14-6-3-4-8-16(14)20/h3-4,6,8-10,12H,5,7,11,13H2,1-2H3. The maximum absolute atomic E-state index is 12.7. The average molecular weight is 311 g/mol. The van der Waals surface area contributed by atoms with E-state index in [2.05, 4.69) is 23.1 Å². The first-order valence-corrected chi connectivity index (χ1v) is 7.81. The van der Waals surface area contributed by atoms with E-state index in [-0.39, 0.29) is 5.78 Å². The highest BCUT2D eigenvalue weighted by Gasteiger charge is 2.20. The number of fused-ring (bicyclic) bond motifs is 1. The largest absolute Gasteiger partial charge is 0.493 e. The van der Waals surface area contributed by atoms with Crippen LogP contribution in [0.15, 0.2) is 42.5 Å². The maximum Gasteiger partial charge on any atom is 0.182 e. The van der Waals surface area contributed by atoms with Gasteiger partial charge in [-0.25, -0.2) is 0 Å². The van der Waals surface area contributed by atoms with Gasteiger partial charge < -0.3 is 14.4 Å². The third-order valence-corrected chi connectivity index (χ3v) is 4.25. The highest BCUT2D eigenvalue weighted by Crippen LogP contribution is 2.29. The fraction of sp³-hybridized carbons (Fsp3) is 0.316. The van der Waals surface area contributed by atoms with Gasteiger partial charge in [0.25, 0.3) is 0 Å². The zero-order chi connectivity index (χ0) is 16.2. The van der Waals surface area contributed by atoms with Crippen molar-refractivity contribution in [3.05, 3.63) is 53.6 Å². The number of ketones is 1. The summed E-state index contributed by atoms with van der Waals surface area (Å²) in [5, 5.41) is 0. The first-order chi connectivity index (χ1) is 11.2. The molecule has 0 amide bonds. The zero-order valence-electron chi connectivity index (χ0n) is 13.5. The fourth-order valence-corrected chi connectivity index (χ4v) is 3.05. The molecule has 0 N–H and O–H groups in total. The number of carbonyl (C=O) groups is 1. The van der Waals surface area contributed by atoms with Gasteiger partial charge in [-0.15, -0.1) is 0 Å². The summed E-state index contributed by atoms with van der Waals surface area (Å²) in [6.45, 7) is 1.29. The third kappa shape index (κ3) is 3.16. The summed E-state index contributed by atoms with van der Waals surface area (Å²) in [6, 6.07) is 13.6. The summed E-state index contributed by atoms with van der Waals surface area (Å²) in [6.07, 6.45) is 2.16. The van der Waals surface area contributed by atoms with E-state index in [9.17, 15) is 4.79 Å². The SMILES string of the molecule is COc1ccc(C(=O)CN2CCCc3ccccc32)cc1OC. The molecule has 1 heterocycles. The highest BCUT2D eigenvalue weighted by molar-refractivity contribution is 6.00. The second kappa shape index (κ2) is 6.73. The van der Waals surface area contributed by atoms with E-state index in [1.165, 1.54) is 11.3 Å². The first kappa shape index (κ1) is 15.4. The number of benzene rings is 2.